The number of pyridine rings is 1. The first-order valence-electron chi connectivity index (χ1n) is 10.8. The number of nitrogens with zero attached hydrogens (tertiary/aromatic N) is 4. The standard InChI is InChI=1S/C24H27F3N4OS/c1-30(14-19-3-2-10-28-13-19)16-22-29-21(17-33-22)23(32)8-11-31(12-9-23)15-18-4-6-20(7-5-18)24(25,26)27/h2-7,10,13,17,32H,8-9,11-12,14-16H2,1H3. The molecule has 1 aliphatic heterocycles. The van der Waals surface area contributed by atoms with Crippen molar-refractivity contribution in [3.8, 4) is 0 Å². The molecule has 0 bridgehead atoms. The van der Waals surface area contributed by atoms with Crippen LogP contribution in [0.5, 0.6) is 0 Å². The Hall–Kier alpha value is -2.33. The van der Waals surface area contributed by atoms with Crippen LogP contribution >= 0.6 is 11.3 Å². The van der Waals surface area contributed by atoms with Gasteiger partial charge in [0.2, 0.25) is 0 Å². The SMILES string of the molecule is CN(Cc1cccnc1)Cc1nc(C2(O)CCN(Cc3ccc(C(F)(F)F)cc3)CC2)cs1. The van der Waals surface area contributed by atoms with Crippen LogP contribution in [0.2, 0.25) is 0 Å². The summed E-state index contributed by atoms with van der Waals surface area (Å²) in [5.74, 6) is 0. The molecule has 3 aromatic rings. The predicted octanol–water partition coefficient (Wildman–Crippen LogP) is 4.67. The number of likely N-dealkylation sites (tertiary alicyclic amines) is 1. The minimum Gasteiger partial charge on any atom is -0.383 e. The Labute approximate surface area is 195 Å². The van der Waals surface area contributed by atoms with E-state index < -0.39 is 17.3 Å². The molecule has 1 N–H and O–H groups in total. The molecule has 0 spiro atoms. The first-order valence-corrected chi connectivity index (χ1v) is 11.7. The Morgan fingerprint density at radius 1 is 1.09 bits per heavy atom. The van der Waals surface area contributed by atoms with Gasteiger partial charge in [-0.2, -0.15) is 13.2 Å². The van der Waals surface area contributed by atoms with E-state index in [0.29, 0.717) is 44.7 Å². The van der Waals surface area contributed by atoms with E-state index >= 15 is 0 Å². The summed E-state index contributed by atoms with van der Waals surface area (Å²) in [7, 11) is 2.03. The molecule has 1 aromatic carbocycles. The lowest BCUT2D eigenvalue weighted by Crippen LogP contribution is -2.42. The molecule has 0 aliphatic carbocycles. The van der Waals surface area contributed by atoms with E-state index in [9.17, 15) is 18.3 Å². The van der Waals surface area contributed by atoms with Crippen molar-refractivity contribution in [2.24, 2.45) is 0 Å². The van der Waals surface area contributed by atoms with E-state index in [0.717, 1.165) is 34.8 Å². The van der Waals surface area contributed by atoms with Gasteiger partial charge in [-0.1, -0.05) is 18.2 Å². The summed E-state index contributed by atoms with van der Waals surface area (Å²) in [5.41, 5.74) is 1.08. The Kier molecular flexibility index (Phi) is 7.13. The highest BCUT2D eigenvalue weighted by Gasteiger charge is 2.36. The molecule has 0 saturated carbocycles. The lowest BCUT2D eigenvalue weighted by atomic mass is 9.88. The van der Waals surface area contributed by atoms with Gasteiger partial charge in [0.1, 0.15) is 10.6 Å². The summed E-state index contributed by atoms with van der Waals surface area (Å²) in [4.78, 5) is 13.2. The minimum absolute atomic E-state index is 0.544. The van der Waals surface area contributed by atoms with Crippen LogP contribution in [0.1, 0.15) is 40.2 Å². The third-order valence-electron chi connectivity index (χ3n) is 5.98. The molecule has 0 amide bonds. The van der Waals surface area contributed by atoms with Crippen molar-refractivity contribution in [3.05, 3.63) is 81.6 Å². The van der Waals surface area contributed by atoms with Gasteiger partial charge >= 0.3 is 6.18 Å². The zero-order valence-corrected chi connectivity index (χ0v) is 19.2. The molecule has 176 valence electrons. The van der Waals surface area contributed by atoms with E-state index in [1.807, 2.05) is 30.8 Å². The average molecular weight is 477 g/mol. The van der Waals surface area contributed by atoms with Crippen molar-refractivity contribution in [2.75, 3.05) is 20.1 Å². The van der Waals surface area contributed by atoms with Crippen molar-refractivity contribution in [1.82, 2.24) is 19.8 Å². The fraction of sp³-hybridized carbons (Fsp3) is 0.417. The highest BCUT2D eigenvalue weighted by molar-refractivity contribution is 7.09. The van der Waals surface area contributed by atoms with Crippen molar-refractivity contribution in [2.45, 2.75) is 44.3 Å². The highest BCUT2D eigenvalue weighted by atomic mass is 32.1. The van der Waals surface area contributed by atoms with Crippen molar-refractivity contribution < 1.29 is 18.3 Å². The Bertz CT molecular complexity index is 1030. The van der Waals surface area contributed by atoms with Gasteiger partial charge in [0.05, 0.1) is 17.8 Å². The van der Waals surface area contributed by atoms with Gasteiger partial charge in [-0.15, -0.1) is 11.3 Å². The maximum Gasteiger partial charge on any atom is 0.416 e. The van der Waals surface area contributed by atoms with Crippen molar-refractivity contribution in [3.63, 3.8) is 0 Å². The number of rotatable bonds is 7. The molecular formula is C24H27F3N4OS. The van der Waals surface area contributed by atoms with Crippen molar-refractivity contribution in [1.29, 1.82) is 0 Å². The number of hydrogen-bond donors (Lipinski definition) is 1. The van der Waals surface area contributed by atoms with Gasteiger partial charge in [0.15, 0.2) is 0 Å². The van der Waals surface area contributed by atoms with Gasteiger partial charge in [0, 0.05) is 44.0 Å². The molecule has 1 saturated heterocycles. The molecule has 2 aromatic heterocycles. The number of aromatic nitrogens is 2. The van der Waals surface area contributed by atoms with E-state index in [1.54, 1.807) is 17.5 Å². The summed E-state index contributed by atoms with van der Waals surface area (Å²) in [5, 5.41) is 14.1. The van der Waals surface area contributed by atoms with Crippen LogP contribution in [0, 0.1) is 0 Å². The van der Waals surface area contributed by atoms with E-state index in [-0.39, 0.29) is 0 Å². The number of thiazole rings is 1. The summed E-state index contributed by atoms with van der Waals surface area (Å²) in [6.07, 6.45) is 0.377. The van der Waals surface area contributed by atoms with Crippen LogP contribution in [-0.2, 0) is 31.4 Å². The monoisotopic (exact) mass is 476 g/mol. The highest BCUT2D eigenvalue weighted by Crippen LogP contribution is 2.34. The zero-order valence-electron chi connectivity index (χ0n) is 18.4. The predicted molar refractivity (Wildman–Crippen MR) is 121 cm³/mol. The van der Waals surface area contributed by atoms with Crippen LogP contribution in [0.3, 0.4) is 0 Å². The van der Waals surface area contributed by atoms with Gasteiger partial charge in [-0.3, -0.25) is 14.8 Å². The van der Waals surface area contributed by atoms with Gasteiger partial charge in [-0.25, -0.2) is 4.98 Å². The van der Waals surface area contributed by atoms with Gasteiger partial charge in [0.25, 0.3) is 0 Å². The van der Waals surface area contributed by atoms with Gasteiger partial charge < -0.3 is 5.11 Å². The van der Waals surface area contributed by atoms with Crippen LogP contribution < -0.4 is 0 Å². The number of halogens is 3. The molecule has 0 atom stereocenters. The molecule has 5 nitrogen and oxygen atoms in total. The van der Waals surface area contributed by atoms with E-state index in [4.69, 9.17) is 4.98 Å². The number of benzene rings is 1. The Morgan fingerprint density at radius 2 is 1.82 bits per heavy atom. The molecule has 3 heterocycles. The number of alkyl halides is 3. The topological polar surface area (TPSA) is 52.5 Å². The van der Waals surface area contributed by atoms with Crippen LogP contribution in [-0.4, -0.2) is 45.0 Å². The molecular weight excluding hydrogens is 449 g/mol. The fourth-order valence-corrected chi connectivity index (χ4v) is 5.05. The third kappa shape index (κ3) is 6.17. The summed E-state index contributed by atoms with van der Waals surface area (Å²) in [6.45, 7) is 3.34. The first kappa shape index (κ1) is 23.8. The number of piperidine rings is 1. The summed E-state index contributed by atoms with van der Waals surface area (Å²) < 4.78 is 38.2. The van der Waals surface area contributed by atoms with Crippen molar-refractivity contribution >= 4 is 11.3 Å². The number of hydrogen-bond acceptors (Lipinski definition) is 6. The largest absolute Gasteiger partial charge is 0.416 e. The second-order valence-corrected chi connectivity index (χ2v) is 9.61. The Morgan fingerprint density at radius 3 is 2.45 bits per heavy atom. The van der Waals surface area contributed by atoms with Crippen LogP contribution in [0.15, 0.2) is 54.2 Å². The average Bonchev–Trinajstić information content (AvgIpc) is 3.25. The van der Waals surface area contributed by atoms with Crippen LogP contribution in [0.4, 0.5) is 13.2 Å². The second-order valence-electron chi connectivity index (χ2n) is 8.66. The van der Waals surface area contributed by atoms with Gasteiger partial charge in [-0.05, 0) is 49.2 Å². The second kappa shape index (κ2) is 9.89. The molecule has 33 heavy (non-hydrogen) atoms. The molecule has 4 rings (SSSR count). The normalized spacial score (nSPS) is 16.9. The van der Waals surface area contributed by atoms with Crippen LogP contribution in [0.25, 0.3) is 0 Å². The summed E-state index contributed by atoms with van der Waals surface area (Å²) in [6, 6.07) is 9.26. The fourth-order valence-electron chi connectivity index (χ4n) is 4.08. The smallest absolute Gasteiger partial charge is 0.383 e. The molecule has 0 radical (unpaired) electrons. The Balaban J connectivity index is 1.30. The molecule has 9 heteroatoms. The maximum absolute atomic E-state index is 12.7. The summed E-state index contributed by atoms with van der Waals surface area (Å²) >= 11 is 1.55. The molecule has 1 fully saturated rings. The quantitative estimate of drug-likeness (QED) is 0.537. The minimum atomic E-state index is -4.32. The molecule has 1 aliphatic rings. The number of aliphatic hydroxyl groups is 1. The zero-order chi connectivity index (χ0) is 23.5. The first-order chi connectivity index (χ1) is 15.7. The molecule has 0 unspecified atom stereocenters. The van der Waals surface area contributed by atoms with E-state index in [1.165, 1.54) is 12.1 Å². The maximum atomic E-state index is 12.7. The third-order valence-corrected chi connectivity index (χ3v) is 6.81. The lowest BCUT2D eigenvalue weighted by Gasteiger charge is -2.37. The lowest BCUT2D eigenvalue weighted by molar-refractivity contribution is -0.137. The van der Waals surface area contributed by atoms with E-state index in [2.05, 4.69) is 14.8 Å².